The lowest BCUT2D eigenvalue weighted by molar-refractivity contribution is -0.143. The first-order valence-electron chi connectivity index (χ1n) is 4.10. The van der Waals surface area contributed by atoms with Crippen LogP contribution in [0.3, 0.4) is 0 Å². The molecule has 0 bridgehead atoms. The average Bonchev–Trinajstić information content (AvgIpc) is 2.13. The fourth-order valence-electron chi connectivity index (χ4n) is 1.18. The molecule has 0 N–H and O–H groups in total. The summed E-state index contributed by atoms with van der Waals surface area (Å²) in [6, 6.07) is 0.445. The van der Waals surface area contributed by atoms with Crippen molar-refractivity contribution in [3.63, 3.8) is 0 Å². The third-order valence-electron chi connectivity index (χ3n) is 1.92. The molecule has 0 aliphatic carbocycles. The van der Waals surface area contributed by atoms with Gasteiger partial charge in [-0.15, -0.1) is 0 Å². The van der Waals surface area contributed by atoms with Crippen LogP contribution in [0.25, 0.3) is 0 Å². The van der Waals surface area contributed by atoms with Crippen molar-refractivity contribution in [2.75, 3.05) is 19.7 Å². The van der Waals surface area contributed by atoms with E-state index in [1.54, 1.807) is 0 Å². The average molecular weight is 157 g/mol. The Morgan fingerprint density at radius 3 is 2.91 bits per heavy atom. The molecule has 0 atom stereocenters. The molecule has 1 saturated heterocycles. The first-order valence-corrected chi connectivity index (χ1v) is 4.10. The minimum absolute atomic E-state index is 0.0869. The van der Waals surface area contributed by atoms with Gasteiger partial charge in [0.15, 0.2) is 0 Å². The zero-order valence-corrected chi connectivity index (χ0v) is 7.17. The molecular formula is C8H15NO2. The first kappa shape index (κ1) is 8.53. The Bertz CT molecular complexity index is 145. The van der Waals surface area contributed by atoms with Crippen LogP contribution in [0.4, 0.5) is 0 Å². The van der Waals surface area contributed by atoms with E-state index < -0.39 is 0 Å². The van der Waals surface area contributed by atoms with E-state index in [0.717, 1.165) is 13.0 Å². The van der Waals surface area contributed by atoms with Gasteiger partial charge in [0.2, 0.25) is 0 Å². The van der Waals surface area contributed by atoms with Crippen LogP contribution in [-0.4, -0.2) is 36.6 Å². The number of hydrogen-bond donors (Lipinski definition) is 0. The molecule has 1 fully saturated rings. The van der Waals surface area contributed by atoms with Gasteiger partial charge >= 0.3 is 5.97 Å². The predicted octanol–water partition coefficient (Wildman–Crippen LogP) is 0.644. The number of ether oxygens (including phenoxy) is 1. The van der Waals surface area contributed by atoms with Crippen LogP contribution in [0.15, 0.2) is 0 Å². The van der Waals surface area contributed by atoms with E-state index in [9.17, 15) is 4.79 Å². The van der Waals surface area contributed by atoms with Crippen molar-refractivity contribution in [2.24, 2.45) is 0 Å². The van der Waals surface area contributed by atoms with Gasteiger partial charge in [-0.1, -0.05) is 0 Å². The highest BCUT2D eigenvalue weighted by Crippen LogP contribution is 2.04. The number of nitrogens with zero attached hydrogens (tertiary/aromatic N) is 1. The van der Waals surface area contributed by atoms with E-state index in [1.165, 1.54) is 0 Å². The Kier molecular flexibility index (Phi) is 2.88. The molecule has 1 heterocycles. The van der Waals surface area contributed by atoms with Gasteiger partial charge in [-0.2, -0.15) is 0 Å². The van der Waals surface area contributed by atoms with E-state index in [0.29, 0.717) is 19.2 Å². The Balaban J connectivity index is 2.45. The molecule has 0 aromatic rings. The molecule has 11 heavy (non-hydrogen) atoms. The third kappa shape index (κ3) is 2.50. The van der Waals surface area contributed by atoms with Gasteiger partial charge in [0.1, 0.15) is 0 Å². The Morgan fingerprint density at radius 2 is 2.27 bits per heavy atom. The SMILES string of the molecule is CC(C)N1CCCOC(=O)C1. The zero-order valence-electron chi connectivity index (χ0n) is 7.17. The maximum absolute atomic E-state index is 10.9. The van der Waals surface area contributed by atoms with Crippen LogP contribution in [0.1, 0.15) is 20.3 Å². The smallest absolute Gasteiger partial charge is 0.320 e. The normalized spacial score (nSPS) is 21.5. The van der Waals surface area contributed by atoms with Crippen LogP contribution in [0.5, 0.6) is 0 Å². The summed E-state index contributed by atoms with van der Waals surface area (Å²) in [6.45, 7) is 6.21. The van der Waals surface area contributed by atoms with Gasteiger partial charge in [0.05, 0.1) is 13.2 Å². The summed E-state index contributed by atoms with van der Waals surface area (Å²) in [5.74, 6) is -0.0869. The first-order chi connectivity index (χ1) is 5.20. The largest absolute Gasteiger partial charge is 0.465 e. The van der Waals surface area contributed by atoms with E-state index in [1.807, 2.05) is 0 Å². The Labute approximate surface area is 67.3 Å². The van der Waals surface area contributed by atoms with Crippen molar-refractivity contribution in [3.8, 4) is 0 Å². The molecule has 3 nitrogen and oxygen atoms in total. The summed E-state index contributed by atoms with van der Waals surface area (Å²) in [5.41, 5.74) is 0. The summed E-state index contributed by atoms with van der Waals surface area (Å²) in [7, 11) is 0. The molecular weight excluding hydrogens is 142 g/mol. The van der Waals surface area contributed by atoms with Crippen molar-refractivity contribution in [1.29, 1.82) is 0 Å². The van der Waals surface area contributed by atoms with Crippen molar-refractivity contribution in [1.82, 2.24) is 4.90 Å². The standard InChI is InChI=1S/C8H15NO2/c1-7(2)9-4-3-5-11-8(10)6-9/h7H,3-6H2,1-2H3. The minimum atomic E-state index is -0.0869. The Hall–Kier alpha value is -0.570. The fraction of sp³-hybridized carbons (Fsp3) is 0.875. The third-order valence-corrected chi connectivity index (χ3v) is 1.92. The summed E-state index contributed by atoms with van der Waals surface area (Å²) in [5, 5.41) is 0. The lowest BCUT2D eigenvalue weighted by Crippen LogP contribution is -2.34. The number of hydrogen-bond acceptors (Lipinski definition) is 3. The molecule has 3 heteroatoms. The quantitative estimate of drug-likeness (QED) is 0.523. The molecule has 1 aliphatic heterocycles. The van der Waals surface area contributed by atoms with Crippen molar-refractivity contribution >= 4 is 5.97 Å². The second-order valence-electron chi connectivity index (χ2n) is 3.14. The van der Waals surface area contributed by atoms with Crippen LogP contribution in [0.2, 0.25) is 0 Å². The highest BCUT2D eigenvalue weighted by molar-refractivity contribution is 5.71. The molecule has 0 amide bonds. The van der Waals surface area contributed by atoms with Gasteiger partial charge in [-0.25, -0.2) is 0 Å². The van der Waals surface area contributed by atoms with Crippen LogP contribution >= 0.6 is 0 Å². The highest BCUT2D eigenvalue weighted by Gasteiger charge is 2.17. The number of esters is 1. The second-order valence-corrected chi connectivity index (χ2v) is 3.14. The lowest BCUT2D eigenvalue weighted by atomic mass is 10.3. The molecule has 0 radical (unpaired) electrons. The summed E-state index contributed by atoms with van der Waals surface area (Å²) in [4.78, 5) is 13.1. The number of rotatable bonds is 1. The highest BCUT2D eigenvalue weighted by atomic mass is 16.5. The minimum Gasteiger partial charge on any atom is -0.465 e. The maximum Gasteiger partial charge on any atom is 0.320 e. The molecule has 0 spiro atoms. The van der Waals surface area contributed by atoms with Gasteiger partial charge in [0.25, 0.3) is 0 Å². The summed E-state index contributed by atoms with van der Waals surface area (Å²) < 4.78 is 4.90. The van der Waals surface area contributed by atoms with Crippen molar-refractivity contribution in [2.45, 2.75) is 26.3 Å². The van der Waals surface area contributed by atoms with Gasteiger partial charge in [0, 0.05) is 12.6 Å². The van der Waals surface area contributed by atoms with Crippen LogP contribution in [0, 0.1) is 0 Å². The molecule has 64 valence electrons. The monoisotopic (exact) mass is 157 g/mol. The van der Waals surface area contributed by atoms with Crippen LogP contribution in [-0.2, 0) is 9.53 Å². The predicted molar refractivity (Wildman–Crippen MR) is 42.3 cm³/mol. The van der Waals surface area contributed by atoms with Crippen molar-refractivity contribution in [3.05, 3.63) is 0 Å². The number of cyclic esters (lactones) is 1. The molecule has 0 aromatic carbocycles. The van der Waals surface area contributed by atoms with Crippen molar-refractivity contribution < 1.29 is 9.53 Å². The summed E-state index contributed by atoms with van der Waals surface area (Å²) >= 11 is 0. The lowest BCUT2D eigenvalue weighted by Gasteiger charge is -2.21. The maximum atomic E-state index is 10.9. The van der Waals surface area contributed by atoms with E-state index in [-0.39, 0.29) is 5.97 Å². The second kappa shape index (κ2) is 3.72. The molecule has 1 rings (SSSR count). The summed E-state index contributed by atoms with van der Waals surface area (Å²) in [6.07, 6.45) is 0.962. The van der Waals surface area contributed by atoms with Gasteiger partial charge in [-0.3, -0.25) is 9.69 Å². The number of carbonyl (C=O) groups is 1. The fourth-order valence-corrected chi connectivity index (χ4v) is 1.18. The molecule has 0 saturated carbocycles. The van der Waals surface area contributed by atoms with Gasteiger partial charge in [-0.05, 0) is 20.3 Å². The molecule has 0 aromatic heterocycles. The van der Waals surface area contributed by atoms with Gasteiger partial charge < -0.3 is 4.74 Å². The Morgan fingerprint density at radius 1 is 1.55 bits per heavy atom. The zero-order chi connectivity index (χ0) is 8.27. The number of carbonyl (C=O) groups excluding carboxylic acids is 1. The van der Waals surface area contributed by atoms with E-state index in [2.05, 4.69) is 18.7 Å². The molecule has 1 aliphatic rings. The topological polar surface area (TPSA) is 29.5 Å². The molecule has 0 unspecified atom stereocenters. The van der Waals surface area contributed by atoms with E-state index in [4.69, 9.17) is 4.74 Å². The van der Waals surface area contributed by atoms with Crippen LogP contribution < -0.4 is 0 Å². The van der Waals surface area contributed by atoms with E-state index >= 15 is 0 Å².